The number of thioether (sulfide) groups is 1. The maximum Gasteiger partial charge on any atom is 1.00 e. The summed E-state index contributed by atoms with van der Waals surface area (Å²) < 4.78 is 161. The minimum Gasteiger partial charge on any atom is -0.768 e. The molecule has 2 aromatic carbocycles. The van der Waals surface area contributed by atoms with Crippen LogP contribution in [0.3, 0.4) is 0 Å². The van der Waals surface area contributed by atoms with E-state index in [9.17, 15) is 52.7 Å². The van der Waals surface area contributed by atoms with E-state index in [1.165, 1.54) is 24.3 Å². The molecule has 0 saturated heterocycles. The first-order chi connectivity index (χ1) is 14.0. The molecule has 0 aliphatic rings. The van der Waals surface area contributed by atoms with Crippen LogP contribution in [0.5, 0.6) is 11.5 Å². The van der Waals surface area contributed by atoms with Gasteiger partial charge in [0.15, 0.2) is 0 Å². The van der Waals surface area contributed by atoms with E-state index >= 15 is 0 Å². The molecule has 0 heterocycles. The molecule has 0 radical (unpaired) electrons. The summed E-state index contributed by atoms with van der Waals surface area (Å²) >= 11 is -7.05. The van der Waals surface area contributed by atoms with Crippen molar-refractivity contribution in [1.29, 1.82) is 0 Å². The van der Waals surface area contributed by atoms with Gasteiger partial charge in [-0.05, 0) is 23.9 Å². The third-order valence-electron chi connectivity index (χ3n) is 3.52. The molecule has 0 aromatic heterocycles. The first kappa shape index (κ1) is 29.0. The van der Waals surface area contributed by atoms with Crippen LogP contribution in [0.4, 0.5) is 43.9 Å². The van der Waals surface area contributed by atoms with E-state index in [4.69, 9.17) is 4.74 Å². The van der Waals surface area contributed by atoms with E-state index in [0.717, 1.165) is 0 Å². The average Bonchev–Trinajstić information content (AvgIpc) is 2.65. The van der Waals surface area contributed by atoms with Gasteiger partial charge in [0.1, 0.15) is 23.1 Å². The Labute approximate surface area is 202 Å². The molecule has 2 aromatic rings. The predicted octanol–water partition coefficient (Wildman–Crippen LogP) is 3.19. The fraction of sp³-hybridized carbons (Fsp3) is 0.250. The molecule has 0 spiro atoms. The van der Waals surface area contributed by atoms with E-state index < -0.39 is 67.5 Å². The van der Waals surface area contributed by atoms with Gasteiger partial charge in [0.2, 0.25) is 0 Å². The van der Waals surface area contributed by atoms with E-state index in [2.05, 4.69) is 0 Å². The number of hydrogen-bond acceptors (Lipinski definition) is 4. The van der Waals surface area contributed by atoms with Gasteiger partial charge < -0.3 is 9.29 Å². The van der Waals surface area contributed by atoms with Crippen LogP contribution >= 0.6 is 11.8 Å². The van der Waals surface area contributed by atoms with Gasteiger partial charge in [-0.2, -0.15) is 35.1 Å². The SMILES string of the molecule is O=S([O-])C(F)(F)C(F)(F)C(F)(F)C(F)(F)Sc1c(F)cc(Oc2ccccc2)cc1F.[Na+]. The Bertz CT molecular complexity index is 953. The molecular weight excluding hydrogens is 517 g/mol. The molecular formula is C16H7F10NaO3S2. The van der Waals surface area contributed by atoms with Gasteiger partial charge in [-0.25, -0.2) is 8.78 Å². The van der Waals surface area contributed by atoms with Crippen LogP contribution < -0.4 is 34.3 Å². The van der Waals surface area contributed by atoms with E-state index in [-0.39, 0.29) is 47.4 Å². The fourth-order valence-electron chi connectivity index (χ4n) is 1.98. The largest absolute Gasteiger partial charge is 1.00 e. The quantitative estimate of drug-likeness (QED) is 0.231. The number of rotatable bonds is 8. The summed E-state index contributed by atoms with van der Waals surface area (Å²) in [6.07, 6.45) is 0. The number of alkyl halides is 8. The van der Waals surface area contributed by atoms with Crippen LogP contribution in [0.25, 0.3) is 0 Å². The zero-order valence-electron chi connectivity index (χ0n) is 15.4. The Morgan fingerprint density at radius 2 is 1.28 bits per heavy atom. The molecule has 32 heavy (non-hydrogen) atoms. The summed E-state index contributed by atoms with van der Waals surface area (Å²) in [6, 6.07) is 7.64. The number of para-hydroxylation sites is 1. The Balaban J connectivity index is 0.00000512. The molecule has 0 N–H and O–H groups in total. The Kier molecular flexibility index (Phi) is 9.16. The predicted molar refractivity (Wildman–Crippen MR) is 87.4 cm³/mol. The molecule has 1 unspecified atom stereocenters. The van der Waals surface area contributed by atoms with E-state index in [1.54, 1.807) is 6.07 Å². The van der Waals surface area contributed by atoms with Crippen LogP contribution in [0.2, 0.25) is 0 Å². The molecule has 16 heteroatoms. The van der Waals surface area contributed by atoms with Crippen LogP contribution in [0.15, 0.2) is 47.4 Å². The van der Waals surface area contributed by atoms with Crippen molar-refractivity contribution in [3.8, 4) is 11.5 Å². The van der Waals surface area contributed by atoms with Crippen LogP contribution in [-0.4, -0.2) is 31.1 Å². The first-order valence-corrected chi connectivity index (χ1v) is 9.45. The van der Waals surface area contributed by atoms with Gasteiger partial charge in [-0.3, -0.25) is 4.21 Å². The summed E-state index contributed by atoms with van der Waals surface area (Å²) in [6.45, 7) is 0. The minimum absolute atomic E-state index is 0. The topological polar surface area (TPSA) is 49.4 Å². The molecule has 0 aliphatic carbocycles. The van der Waals surface area contributed by atoms with Crippen LogP contribution in [0.1, 0.15) is 0 Å². The van der Waals surface area contributed by atoms with Crippen LogP contribution in [-0.2, 0) is 11.1 Å². The molecule has 0 amide bonds. The Morgan fingerprint density at radius 3 is 1.72 bits per heavy atom. The summed E-state index contributed by atoms with van der Waals surface area (Å²) in [4.78, 5) is -1.92. The summed E-state index contributed by atoms with van der Waals surface area (Å²) in [5.41, 5.74) is 0. The van der Waals surface area contributed by atoms with Gasteiger partial charge in [-0.1, -0.05) is 18.2 Å². The zero-order chi connectivity index (χ0) is 23.8. The monoisotopic (exact) mass is 524 g/mol. The van der Waals surface area contributed by atoms with Gasteiger partial charge in [0.25, 0.3) is 0 Å². The number of ether oxygens (including phenoxy) is 1. The molecule has 0 bridgehead atoms. The first-order valence-electron chi connectivity index (χ1n) is 7.56. The number of halogens is 10. The summed E-state index contributed by atoms with van der Waals surface area (Å²) in [5.74, 6) is -18.7. The molecule has 172 valence electrons. The molecule has 0 saturated carbocycles. The standard InChI is InChI=1S/C16H8F10O3S2.Na/c17-10-6-9(29-8-4-2-1-3-5-8)7-11(18)12(10)30-15(23,24)13(19,20)14(21,22)16(25,26)31(27)28;/h1-7H,(H,27,28);/q;+1/p-1. The van der Waals surface area contributed by atoms with E-state index in [1.807, 2.05) is 0 Å². The maximum atomic E-state index is 14.0. The molecule has 0 fully saturated rings. The number of benzene rings is 2. The second-order valence-corrected chi connectivity index (χ2v) is 7.76. The molecule has 1 atom stereocenters. The fourth-order valence-corrected chi connectivity index (χ4v) is 3.14. The van der Waals surface area contributed by atoms with Crippen molar-refractivity contribution in [3.63, 3.8) is 0 Å². The second kappa shape index (κ2) is 10.1. The third kappa shape index (κ3) is 5.38. The van der Waals surface area contributed by atoms with Crippen LogP contribution in [0, 0.1) is 11.6 Å². The van der Waals surface area contributed by atoms with Crippen molar-refractivity contribution in [2.24, 2.45) is 0 Å². The molecule has 3 nitrogen and oxygen atoms in total. The Morgan fingerprint density at radius 1 is 0.812 bits per heavy atom. The molecule has 2 rings (SSSR count). The second-order valence-electron chi connectivity index (χ2n) is 5.65. The van der Waals surface area contributed by atoms with Crippen molar-refractivity contribution < 1.29 is 87.0 Å². The summed E-state index contributed by atoms with van der Waals surface area (Å²) in [7, 11) is 0. The van der Waals surface area contributed by atoms with Crippen molar-refractivity contribution in [1.82, 2.24) is 0 Å². The maximum absolute atomic E-state index is 14.0. The number of hydrogen-bond donors (Lipinski definition) is 0. The third-order valence-corrected chi connectivity index (χ3v) is 5.30. The molecule has 0 aliphatic heterocycles. The van der Waals surface area contributed by atoms with Gasteiger partial charge in [0, 0.05) is 23.2 Å². The van der Waals surface area contributed by atoms with Crippen molar-refractivity contribution >= 4 is 22.8 Å². The summed E-state index contributed by atoms with van der Waals surface area (Å²) in [5, 5.41) is -12.9. The van der Waals surface area contributed by atoms with Gasteiger partial charge in [0.05, 0.1) is 4.90 Å². The van der Waals surface area contributed by atoms with Crippen molar-refractivity contribution in [2.45, 2.75) is 27.2 Å². The van der Waals surface area contributed by atoms with Gasteiger partial charge >= 0.3 is 51.9 Å². The van der Waals surface area contributed by atoms with Gasteiger partial charge in [-0.15, -0.1) is 0 Å². The average molecular weight is 524 g/mol. The van der Waals surface area contributed by atoms with E-state index in [0.29, 0.717) is 0 Å². The van der Waals surface area contributed by atoms with Crippen molar-refractivity contribution in [2.75, 3.05) is 0 Å². The van der Waals surface area contributed by atoms with Crippen molar-refractivity contribution in [3.05, 3.63) is 54.1 Å². The minimum atomic E-state index is -7.13. The normalized spacial score (nSPS) is 14.0. The Hall–Kier alpha value is -1.000. The zero-order valence-corrected chi connectivity index (χ0v) is 19.0. The smallest absolute Gasteiger partial charge is 0.768 e.